The number of aryl methyl sites for hydroxylation is 1. The number of amides is 1. The molecule has 116 valence electrons. The molecule has 1 fully saturated rings. The van der Waals surface area contributed by atoms with Crippen molar-refractivity contribution in [3.8, 4) is 0 Å². The first-order valence-electron chi connectivity index (χ1n) is 7.32. The number of nitrogens with two attached hydrogens (primary N) is 1. The van der Waals surface area contributed by atoms with Crippen molar-refractivity contribution < 1.29 is 10.0 Å². The Balaban J connectivity index is 2.12. The Morgan fingerprint density at radius 2 is 2.14 bits per heavy atom. The average molecular weight is 293 g/mol. The zero-order valence-corrected chi connectivity index (χ0v) is 12.4. The van der Waals surface area contributed by atoms with E-state index in [1.54, 1.807) is 6.20 Å². The van der Waals surface area contributed by atoms with E-state index in [4.69, 9.17) is 10.9 Å². The lowest BCUT2D eigenvalue weighted by molar-refractivity contribution is -0.128. The molecule has 0 bridgehead atoms. The van der Waals surface area contributed by atoms with Crippen LogP contribution in [0.1, 0.15) is 44.3 Å². The van der Waals surface area contributed by atoms with Crippen LogP contribution in [0.3, 0.4) is 0 Å². The van der Waals surface area contributed by atoms with E-state index in [0.717, 1.165) is 31.5 Å². The van der Waals surface area contributed by atoms with Gasteiger partial charge in [0, 0.05) is 19.4 Å². The van der Waals surface area contributed by atoms with E-state index < -0.39 is 5.41 Å². The number of amidine groups is 1. The average Bonchev–Trinajstić information content (AvgIpc) is 2.76. The number of oxime groups is 1. The molecule has 0 radical (unpaired) electrons. The van der Waals surface area contributed by atoms with Gasteiger partial charge in [-0.15, -0.1) is 0 Å². The summed E-state index contributed by atoms with van der Waals surface area (Å²) >= 11 is 0. The van der Waals surface area contributed by atoms with Gasteiger partial charge in [0.1, 0.15) is 11.2 Å². The lowest BCUT2D eigenvalue weighted by Crippen LogP contribution is -2.49. The molecular weight excluding hydrogens is 270 g/mol. The molecular formula is C14H23N5O2. The van der Waals surface area contributed by atoms with Crippen molar-refractivity contribution in [2.24, 2.45) is 23.4 Å². The van der Waals surface area contributed by atoms with Crippen LogP contribution in [-0.4, -0.2) is 26.5 Å². The fraction of sp³-hybridized carbons (Fsp3) is 0.643. The number of rotatable bonds is 4. The minimum Gasteiger partial charge on any atom is -0.409 e. The summed E-state index contributed by atoms with van der Waals surface area (Å²) in [4.78, 5) is 16.8. The standard InChI is InChI=1S/C14H23N5O2/c1-19-9-8-16-11(19)10-17-13(20)14(12(15)18-21)6-4-2-3-5-7-14/h8-9,21H,2-7,10H2,1H3,(H2,15,18)(H,17,20). The molecule has 7 nitrogen and oxygen atoms in total. The third-order valence-electron chi connectivity index (χ3n) is 4.32. The summed E-state index contributed by atoms with van der Waals surface area (Å²) in [6, 6.07) is 0. The van der Waals surface area contributed by atoms with Crippen LogP contribution < -0.4 is 11.1 Å². The van der Waals surface area contributed by atoms with Crippen LogP contribution in [0.4, 0.5) is 0 Å². The number of nitrogens with zero attached hydrogens (tertiary/aromatic N) is 3. The monoisotopic (exact) mass is 293 g/mol. The maximum absolute atomic E-state index is 12.7. The molecule has 4 N–H and O–H groups in total. The number of imidazole rings is 1. The predicted molar refractivity (Wildman–Crippen MR) is 78.6 cm³/mol. The van der Waals surface area contributed by atoms with Crippen molar-refractivity contribution in [3.63, 3.8) is 0 Å². The van der Waals surface area contributed by atoms with Crippen molar-refractivity contribution >= 4 is 11.7 Å². The molecule has 1 aromatic rings. The summed E-state index contributed by atoms with van der Waals surface area (Å²) in [5.74, 6) is 0.607. The fourth-order valence-corrected chi connectivity index (χ4v) is 2.92. The first kappa shape index (κ1) is 15.3. The molecule has 0 aromatic carbocycles. The molecule has 7 heteroatoms. The molecule has 0 spiro atoms. The SMILES string of the molecule is Cn1ccnc1CNC(=O)C1(C(N)=NO)CCCCCC1. The Kier molecular flexibility index (Phi) is 4.82. The second-order valence-electron chi connectivity index (χ2n) is 5.62. The first-order valence-corrected chi connectivity index (χ1v) is 7.32. The summed E-state index contributed by atoms with van der Waals surface area (Å²) in [5.41, 5.74) is 4.96. The summed E-state index contributed by atoms with van der Waals surface area (Å²) in [6.07, 6.45) is 8.72. The summed E-state index contributed by atoms with van der Waals surface area (Å²) < 4.78 is 1.85. The van der Waals surface area contributed by atoms with Gasteiger partial charge in [0.05, 0.1) is 6.54 Å². The van der Waals surface area contributed by atoms with Gasteiger partial charge in [0.25, 0.3) is 0 Å². The quantitative estimate of drug-likeness (QED) is 0.254. The zero-order valence-electron chi connectivity index (χ0n) is 12.4. The van der Waals surface area contributed by atoms with E-state index in [1.807, 2.05) is 17.8 Å². The molecule has 0 saturated heterocycles. The molecule has 21 heavy (non-hydrogen) atoms. The van der Waals surface area contributed by atoms with Gasteiger partial charge in [-0.2, -0.15) is 0 Å². The van der Waals surface area contributed by atoms with E-state index in [-0.39, 0.29) is 11.7 Å². The van der Waals surface area contributed by atoms with E-state index in [9.17, 15) is 4.79 Å². The Labute approximate surface area is 124 Å². The van der Waals surface area contributed by atoms with Gasteiger partial charge in [-0.05, 0) is 12.8 Å². The van der Waals surface area contributed by atoms with Gasteiger partial charge in [-0.1, -0.05) is 30.8 Å². The molecule has 1 amide bonds. The smallest absolute Gasteiger partial charge is 0.234 e. The van der Waals surface area contributed by atoms with Crippen molar-refractivity contribution in [1.82, 2.24) is 14.9 Å². The molecule has 1 aliphatic carbocycles. The van der Waals surface area contributed by atoms with E-state index in [1.165, 1.54) is 0 Å². The highest BCUT2D eigenvalue weighted by Gasteiger charge is 2.42. The molecule has 0 unspecified atom stereocenters. The third-order valence-corrected chi connectivity index (χ3v) is 4.32. The number of hydrogen-bond donors (Lipinski definition) is 3. The van der Waals surface area contributed by atoms with Crippen LogP contribution in [0.25, 0.3) is 0 Å². The fourth-order valence-electron chi connectivity index (χ4n) is 2.92. The molecule has 0 aliphatic heterocycles. The Hall–Kier alpha value is -2.05. The van der Waals surface area contributed by atoms with Crippen molar-refractivity contribution in [1.29, 1.82) is 0 Å². The Bertz CT molecular complexity index is 515. The van der Waals surface area contributed by atoms with Crippen LogP contribution in [0.2, 0.25) is 0 Å². The maximum Gasteiger partial charge on any atom is 0.234 e. The highest BCUT2D eigenvalue weighted by atomic mass is 16.4. The first-order chi connectivity index (χ1) is 10.1. The predicted octanol–water partition coefficient (Wildman–Crippen LogP) is 1.12. The van der Waals surface area contributed by atoms with E-state index >= 15 is 0 Å². The van der Waals surface area contributed by atoms with Gasteiger partial charge >= 0.3 is 0 Å². The van der Waals surface area contributed by atoms with E-state index in [0.29, 0.717) is 19.4 Å². The second-order valence-corrected chi connectivity index (χ2v) is 5.62. The maximum atomic E-state index is 12.7. The lowest BCUT2D eigenvalue weighted by Gasteiger charge is -2.29. The van der Waals surface area contributed by atoms with Gasteiger partial charge in [-0.25, -0.2) is 4.98 Å². The number of nitrogens with one attached hydrogen (secondary N) is 1. The minimum atomic E-state index is -0.892. The topological polar surface area (TPSA) is 106 Å². The molecule has 1 heterocycles. The molecule has 1 saturated carbocycles. The number of carbonyl (C=O) groups is 1. The third kappa shape index (κ3) is 3.17. The second kappa shape index (κ2) is 6.60. The summed E-state index contributed by atoms with van der Waals surface area (Å²) in [5, 5.41) is 15.1. The van der Waals surface area contributed by atoms with Gasteiger partial charge in [0.15, 0.2) is 5.84 Å². The normalized spacial score (nSPS) is 19.0. The van der Waals surface area contributed by atoms with Crippen molar-refractivity contribution in [2.75, 3.05) is 0 Å². The van der Waals surface area contributed by atoms with E-state index in [2.05, 4.69) is 15.5 Å². The van der Waals surface area contributed by atoms with Crippen LogP contribution in [0.5, 0.6) is 0 Å². The number of hydrogen-bond acceptors (Lipinski definition) is 4. The highest BCUT2D eigenvalue weighted by Crippen LogP contribution is 2.35. The van der Waals surface area contributed by atoms with Crippen LogP contribution in [0.15, 0.2) is 17.5 Å². The van der Waals surface area contributed by atoms with Crippen LogP contribution in [0, 0.1) is 5.41 Å². The Morgan fingerprint density at radius 3 is 2.67 bits per heavy atom. The van der Waals surface area contributed by atoms with Gasteiger partial charge in [0.2, 0.25) is 5.91 Å². The zero-order chi connectivity index (χ0) is 15.3. The largest absolute Gasteiger partial charge is 0.409 e. The van der Waals surface area contributed by atoms with Crippen LogP contribution in [-0.2, 0) is 18.4 Å². The van der Waals surface area contributed by atoms with Crippen molar-refractivity contribution in [2.45, 2.75) is 45.1 Å². The van der Waals surface area contributed by atoms with Gasteiger partial charge in [-0.3, -0.25) is 4.79 Å². The van der Waals surface area contributed by atoms with Crippen LogP contribution >= 0.6 is 0 Å². The summed E-state index contributed by atoms with van der Waals surface area (Å²) in [6.45, 7) is 0.336. The van der Waals surface area contributed by atoms with Crippen molar-refractivity contribution in [3.05, 3.63) is 18.2 Å². The minimum absolute atomic E-state index is 0.0155. The molecule has 1 aliphatic rings. The lowest BCUT2D eigenvalue weighted by atomic mass is 9.78. The number of carbonyl (C=O) groups excluding carboxylic acids is 1. The molecule has 2 rings (SSSR count). The highest BCUT2D eigenvalue weighted by molar-refractivity contribution is 6.06. The summed E-state index contributed by atoms with van der Waals surface area (Å²) in [7, 11) is 1.87. The molecule has 0 atom stereocenters. The number of aromatic nitrogens is 2. The Morgan fingerprint density at radius 1 is 1.48 bits per heavy atom. The molecule has 1 aromatic heterocycles. The van der Waals surface area contributed by atoms with Gasteiger partial charge < -0.3 is 20.8 Å².